The highest BCUT2D eigenvalue weighted by molar-refractivity contribution is 7.80. The van der Waals surface area contributed by atoms with E-state index in [2.05, 4.69) is 41.3 Å². The molecule has 0 aromatic carbocycles. The van der Waals surface area contributed by atoms with Gasteiger partial charge in [0.05, 0.1) is 0 Å². The highest BCUT2D eigenvalue weighted by atomic mass is 32.1. The number of hydrogen-bond acceptors (Lipinski definition) is 6. The smallest absolute Gasteiger partial charge is 0.326 e. The van der Waals surface area contributed by atoms with Gasteiger partial charge < -0.3 is 16.9 Å². The van der Waals surface area contributed by atoms with Crippen LogP contribution in [0.2, 0.25) is 0 Å². The Kier molecular flexibility index (Phi) is 23.3. The van der Waals surface area contributed by atoms with Gasteiger partial charge in [0.1, 0.15) is 0 Å². The Morgan fingerprint density at radius 1 is 1.08 bits per heavy atom. The number of carbonyl (C=O) groups excluding carboxylic acids is 1. The minimum atomic E-state index is -0.718. The molecule has 0 radical (unpaired) electrons. The molecule has 0 atom stereocenters. The topological polar surface area (TPSA) is 197 Å². The van der Waals surface area contributed by atoms with E-state index >= 15 is 0 Å². The van der Waals surface area contributed by atoms with Crippen molar-refractivity contribution in [2.45, 2.75) is 0 Å². The van der Waals surface area contributed by atoms with Crippen LogP contribution in [-0.4, -0.2) is 11.1 Å². The van der Waals surface area contributed by atoms with Crippen molar-refractivity contribution in [2.75, 3.05) is 0 Å². The molecule has 0 aromatic rings. The lowest BCUT2D eigenvalue weighted by molar-refractivity contribution is 0.249. The first-order valence-electron chi connectivity index (χ1n) is 2.40. The molecule has 9 nitrogen and oxygen atoms in total. The zero-order valence-electron chi connectivity index (χ0n) is 6.28. The molecular weight excluding hydrogens is 184 g/mol. The average molecular weight is 198 g/mol. The third-order valence-corrected chi connectivity index (χ3v) is 0.402. The van der Waals surface area contributed by atoms with E-state index in [-0.39, 0.29) is 5.11 Å². The van der Waals surface area contributed by atoms with Gasteiger partial charge in [0.25, 0.3) is 0 Å². The Hall–Kier alpha value is -1.20. The molecule has 0 unspecified atom stereocenters. The van der Waals surface area contributed by atoms with Crippen molar-refractivity contribution in [1.82, 2.24) is 10.9 Å². The minimum absolute atomic E-state index is 0.116. The van der Waals surface area contributed by atoms with Crippen LogP contribution in [0.25, 0.3) is 0 Å². The molecule has 0 rings (SSSR count). The van der Waals surface area contributed by atoms with Gasteiger partial charge in [0, 0.05) is 0 Å². The summed E-state index contributed by atoms with van der Waals surface area (Å²) in [5, 5.41) is 0.116. The van der Waals surface area contributed by atoms with Crippen LogP contribution in [0.5, 0.6) is 0 Å². The van der Waals surface area contributed by atoms with E-state index < -0.39 is 6.03 Å². The number of amides is 2. The number of thiocarbonyl (C=S) groups is 1. The largest absolute Gasteiger partial charge is 0.375 e. The Labute approximate surface area is 74.7 Å². The number of primary amides is 1. The normalized spacial score (nSPS) is 6.00. The van der Waals surface area contributed by atoms with Crippen molar-refractivity contribution in [1.29, 1.82) is 0 Å². The van der Waals surface area contributed by atoms with E-state index in [0.29, 0.717) is 0 Å². The average Bonchev–Trinajstić information content (AvgIpc) is 2.09. The first kappa shape index (κ1) is 17.0. The Bertz CT molecular complexity index is 102. The molecule has 74 valence electrons. The van der Waals surface area contributed by atoms with Crippen molar-refractivity contribution in [3.05, 3.63) is 0 Å². The van der Waals surface area contributed by atoms with Crippen LogP contribution in [0.15, 0.2) is 0 Å². The number of nitrogens with one attached hydrogen (secondary N) is 2. The minimum Gasteiger partial charge on any atom is -0.375 e. The number of nitrogens with two attached hydrogens (primary N) is 6. The molecule has 0 fully saturated rings. The molecule has 0 aliphatic carbocycles. The quantitative estimate of drug-likeness (QED) is 0.0833. The number of urea groups is 1. The third kappa shape index (κ3) is 68.3. The molecule has 0 spiro atoms. The summed E-state index contributed by atoms with van der Waals surface area (Å²) in [7, 11) is 0. The van der Waals surface area contributed by atoms with Crippen molar-refractivity contribution in [2.24, 2.45) is 34.8 Å². The van der Waals surface area contributed by atoms with E-state index in [1.54, 1.807) is 5.43 Å². The van der Waals surface area contributed by atoms with Gasteiger partial charge in [-0.05, 0) is 12.2 Å². The fraction of sp³-hybridized carbons (Fsp3) is 0. The molecule has 0 heterocycles. The fourth-order valence-electron chi connectivity index (χ4n) is 0. The molecule has 14 N–H and O–H groups in total. The first-order chi connectivity index (χ1) is 5.54. The third-order valence-electron chi connectivity index (χ3n) is 0.285. The summed E-state index contributed by atoms with van der Waals surface area (Å²) < 4.78 is 0. The van der Waals surface area contributed by atoms with Gasteiger partial charge >= 0.3 is 6.03 Å². The zero-order chi connectivity index (χ0) is 10.6. The number of hydrazine groups is 3. The van der Waals surface area contributed by atoms with Gasteiger partial charge in [-0.2, -0.15) is 0 Å². The van der Waals surface area contributed by atoms with E-state index in [0.717, 1.165) is 0 Å². The van der Waals surface area contributed by atoms with Crippen molar-refractivity contribution in [3.8, 4) is 0 Å². The first-order valence-corrected chi connectivity index (χ1v) is 2.80. The van der Waals surface area contributed by atoms with E-state index in [1.165, 1.54) is 0 Å². The summed E-state index contributed by atoms with van der Waals surface area (Å²) in [6.07, 6.45) is 0. The van der Waals surface area contributed by atoms with Crippen molar-refractivity contribution in [3.63, 3.8) is 0 Å². The van der Waals surface area contributed by atoms with Crippen LogP contribution in [0, 0.1) is 0 Å². The zero-order valence-corrected chi connectivity index (χ0v) is 7.10. The molecule has 12 heavy (non-hydrogen) atoms. The maximum absolute atomic E-state index is 9.35. The highest BCUT2D eigenvalue weighted by Crippen LogP contribution is 1.40. The fourth-order valence-corrected chi connectivity index (χ4v) is 0. The molecule has 0 aliphatic heterocycles. The van der Waals surface area contributed by atoms with Crippen LogP contribution in [0.3, 0.4) is 0 Å². The second-order valence-corrected chi connectivity index (χ2v) is 1.46. The molecule has 0 aromatic heterocycles. The van der Waals surface area contributed by atoms with Gasteiger partial charge in [-0.15, -0.1) is 0 Å². The van der Waals surface area contributed by atoms with Gasteiger partial charge in [-0.3, -0.25) is 17.1 Å². The van der Waals surface area contributed by atoms with Crippen LogP contribution in [0.1, 0.15) is 0 Å². The van der Waals surface area contributed by atoms with E-state index in [4.69, 9.17) is 5.73 Å². The molecule has 0 saturated carbocycles. The van der Waals surface area contributed by atoms with Gasteiger partial charge in [0.15, 0.2) is 5.11 Å². The molecular formula is C2H14N8OS. The second kappa shape index (κ2) is 16.4. The molecule has 2 amide bonds. The predicted octanol–water partition coefficient (Wildman–Crippen LogP) is -3.96. The summed E-state index contributed by atoms with van der Waals surface area (Å²) in [6, 6.07) is -0.718. The summed E-state index contributed by atoms with van der Waals surface area (Å²) in [5.74, 6) is 17.1. The number of hydrogen-bond donors (Lipinski definition) is 8. The van der Waals surface area contributed by atoms with Gasteiger partial charge in [-0.25, -0.2) is 16.5 Å². The Morgan fingerprint density at radius 2 is 1.25 bits per heavy atom. The molecule has 0 aliphatic rings. The number of carbonyl (C=O) groups is 1. The number of rotatable bonds is 0. The summed E-state index contributed by atoms with van der Waals surface area (Å²) in [5.41, 5.74) is 12.9. The second-order valence-electron chi connectivity index (χ2n) is 1.02. The van der Waals surface area contributed by atoms with Crippen LogP contribution >= 0.6 is 12.2 Å². The van der Waals surface area contributed by atoms with E-state index in [9.17, 15) is 4.79 Å². The summed E-state index contributed by atoms with van der Waals surface area (Å²) in [4.78, 5) is 9.35. The lowest BCUT2D eigenvalue weighted by Gasteiger charge is -1.85. The van der Waals surface area contributed by atoms with Gasteiger partial charge in [0.2, 0.25) is 0 Å². The van der Waals surface area contributed by atoms with Crippen molar-refractivity contribution >= 4 is 23.4 Å². The highest BCUT2D eigenvalue weighted by Gasteiger charge is 1.73. The standard InChI is InChI=1S/CH5N3O.CH5N3S.H4N2/c2*2-1(5)4-3;1-2/h2*3H2,(H3,2,4,5);1-2H2. The van der Waals surface area contributed by atoms with Crippen LogP contribution < -0.4 is 45.7 Å². The van der Waals surface area contributed by atoms with Crippen LogP contribution in [0.4, 0.5) is 4.79 Å². The SMILES string of the molecule is NN.NNC(N)=O.NNC(N)=S. The monoisotopic (exact) mass is 198 g/mol. The van der Waals surface area contributed by atoms with Gasteiger partial charge in [-0.1, -0.05) is 0 Å². The lowest BCUT2D eigenvalue weighted by Crippen LogP contribution is -2.34. The maximum atomic E-state index is 9.35. The summed E-state index contributed by atoms with van der Waals surface area (Å²) in [6.45, 7) is 0. The molecule has 10 heteroatoms. The Balaban J connectivity index is -0.000000112. The van der Waals surface area contributed by atoms with Crippen LogP contribution in [-0.2, 0) is 0 Å². The predicted molar refractivity (Wildman–Crippen MR) is 49.4 cm³/mol. The molecule has 0 saturated heterocycles. The Morgan fingerprint density at radius 3 is 1.25 bits per heavy atom. The maximum Gasteiger partial charge on any atom is 0.326 e. The lowest BCUT2D eigenvalue weighted by atomic mass is 11.2. The molecule has 0 bridgehead atoms. The van der Waals surface area contributed by atoms with Crippen molar-refractivity contribution < 1.29 is 4.79 Å². The summed E-state index contributed by atoms with van der Waals surface area (Å²) >= 11 is 4.24. The van der Waals surface area contributed by atoms with E-state index in [1.807, 2.05) is 5.43 Å².